The van der Waals surface area contributed by atoms with E-state index in [4.69, 9.17) is 40.9 Å². The second-order valence-electron chi connectivity index (χ2n) is 13.0. The van der Waals surface area contributed by atoms with Gasteiger partial charge in [0.2, 0.25) is 5.88 Å². The predicted molar refractivity (Wildman–Crippen MR) is 196 cm³/mol. The first-order valence-corrected chi connectivity index (χ1v) is 18.9. The van der Waals surface area contributed by atoms with Crippen molar-refractivity contribution in [1.29, 1.82) is 0 Å². The smallest absolute Gasteiger partial charge is 0.416 e. The Kier molecular flexibility index (Phi) is 14.0. The Morgan fingerprint density at radius 1 is 0.911 bits per heavy atom. The van der Waals surface area contributed by atoms with Gasteiger partial charge in [0.25, 0.3) is 33.5 Å². The number of carboxylic acids is 2. The predicted octanol–water partition coefficient (Wildman–Crippen LogP) is 4.77. The number of pyridine rings is 1. The van der Waals surface area contributed by atoms with Crippen molar-refractivity contribution in [3.63, 3.8) is 0 Å². The molecule has 2 amide bonds. The van der Waals surface area contributed by atoms with Crippen molar-refractivity contribution >= 4 is 51.3 Å². The number of nitrogens with zero attached hydrogens (tertiary/aromatic N) is 5. The number of likely N-dealkylation sites (tertiary alicyclic amines) is 1. The minimum atomic E-state index is -4.86. The number of aliphatic carboxylic acids is 2. The van der Waals surface area contributed by atoms with Gasteiger partial charge in [-0.15, -0.1) is 0 Å². The molecule has 304 valence electrons. The van der Waals surface area contributed by atoms with Crippen LogP contribution in [-0.2, 0) is 40.9 Å². The highest BCUT2D eigenvalue weighted by Crippen LogP contribution is 2.52. The number of methoxy groups -OCH3 is 1. The van der Waals surface area contributed by atoms with Gasteiger partial charge in [0.05, 0.1) is 28.8 Å². The first kappa shape index (κ1) is 43.7. The van der Waals surface area contributed by atoms with Crippen molar-refractivity contribution < 1.29 is 60.5 Å². The lowest BCUT2D eigenvalue weighted by molar-refractivity contribution is -0.138. The Morgan fingerprint density at radius 2 is 1.48 bits per heavy atom. The van der Waals surface area contributed by atoms with E-state index in [1.54, 1.807) is 0 Å². The summed E-state index contributed by atoms with van der Waals surface area (Å²) in [5, 5.41) is 14.9. The van der Waals surface area contributed by atoms with Crippen LogP contribution in [0.15, 0.2) is 65.7 Å². The number of amides is 2. The largest absolute Gasteiger partial charge is 0.481 e. The molecule has 6 rings (SSSR count). The number of halogens is 4. The third kappa shape index (κ3) is 9.69. The van der Waals surface area contributed by atoms with Gasteiger partial charge in [-0.1, -0.05) is 11.6 Å². The van der Waals surface area contributed by atoms with Gasteiger partial charge in [-0.3, -0.25) is 19.3 Å². The Labute approximate surface area is 326 Å². The monoisotopic (exact) mass is 827 g/mol. The van der Waals surface area contributed by atoms with E-state index in [2.05, 4.69) is 21.8 Å². The standard InChI is InChI=1S/C32H33ClF3N5O6S.2C2H4O2/c1-38-14-11-23(12-15-38)39-16-18-40(19-17-39)30(43)47-31(25-4-3-13-37-28(25)46-2)26-20-22(33)7-10-27(26)41(29(31)42)48(44,45)24-8-5-21(6-9-24)32(34,35)36;2*1-2(3)4/h3-10,13,20,23H,11-12,14-19H2,1-2H3;2*1H3,(H,3,4). The van der Waals surface area contributed by atoms with Gasteiger partial charge in [-0.05, 0) is 87.6 Å². The zero-order valence-corrected chi connectivity index (χ0v) is 32.4. The quantitative estimate of drug-likeness (QED) is 0.347. The topological polar surface area (TPSA) is 187 Å². The molecular weight excluding hydrogens is 787 g/mol. The minimum Gasteiger partial charge on any atom is -0.481 e. The molecule has 20 heteroatoms. The number of aromatic nitrogens is 1. The van der Waals surface area contributed by atoms with Gasteiger partial charge in [0, 0.05) is 62.9 Å². The van der Waals surface area contributed by atoms with Crippen molar-refractivity contribution in [2.75, 3.05) is 57.7 Å². The van der Waals surface area contributed by atoms with Crippen LogP contribution >= 0.6 is 11.6 Å². The maximum atomic E-state index is 14.7. The molecule has 2 saturated heterocycles. The summed E-state index contributed by atoms with van der Waals surface area (Å²) in [6.07, 6.45) is -2.18. The Bertz CT molecular complexity index is 2000. The lowest BCUT2D eigenvalue weighted by Crippen LogP contribution is -2.55. The van der Waals surface area contributed by atoms with Crippen LogP contribution in [0, 0.1) is 0 Å². The Balaban J connectivity index is 0.000000795. The molecule has 3 aliphatic heterocycles. The number of rotatable bonds is 6. The van der Waals surface area contributed by atoms with Crippen LogP contribution < -0.4 is 9.04 Å². The van der Waals surface area contributed by atoms with Gasteiger partial charge in [-0.2, -0.15) is 17.5 Å². The first-order valence-electron chi connectivity index (χ1n) is 17.1. The maximum absolute atomic E-state index is 14.7. The summed E-state index contributed by atoms with van der Waals surface area (Å²) in [4.78, 5) is 56.4. The van der Waals surface area contributed by atoms with E-state index in [1.807, 2.05) is 0 Å². The van der Waals surface area contributed by atoms with Gasteiger partial charge < -0.3 is 29.5 Å². The lowest BCUT2D eigenvalue weighted by atomic mass is 9.87. The number of anilines is 1. The molecule has 0 radical (unpaired) electrons. The summed E-state index contributed by atoms with van der Waals surface area (Å²) < 4.78 is 80.1. The first-order chi connectivity index (χ1) is 26.2. The minimum absolute atomic E-state index is 0.0653. The third-order valence-corrected chi connectivity index (χ3v) is 11.1. The fourth-order valence-electron chi connectivity index (χ4n) is 6.56. The number of piperazine rings is 1. The molecular formula is C36H41ClF3N5O10S. The highest BCUT2D eigenvalue weighted by molar-refractivity contribution is 7.93. The number of benzene rings is 2. The molecule has 15 nitrogen and oxygen atoms in total. The molecule has 1 atom stereocenters. The van der Waals surface area contributed by atoms with E-state index in [1.165, 1.54) is 48.5 Å². The average Bonchev–Trinajstić information content (AvgIpc) is 3.38. The van der Waals surface area contributed by atoms with Gasteiger partial charge >= 0.3 is 12.3 Å². The summed E-state index contributed by atoms with van der Waals surface area (Å²) in [5.41, 5.74) is -3.86. The molecule has 0 spiro atoms. The van der Waals surface area contributed by atoms with Gasteiger partial charge in [-0.25, -0.2) is 18.2 Å². The van der Waals surface area contributed by atoms with Gasteiger partial charge in [0.15, 0.2) is 0 Å². The molecule has 56 heavy (non-hydrogen) atoms. The van der Waals surface area contributed by atoms with E-state index < -0.39 is 56.2 Å². The summed E-state index contributed by atoms with van der Waals surface area (Å²) in [6, 6.07) is 9.97. The molecule has 2 N–H and O–H groups in total. The van der Waals surface area contributed by atoms with E-state index in [0.717, 1.165) is 51.9 Å². The van der Waals surface area contributed by atoms with Gasteiger partial charge in [0.1, 0.15) is 0 Å². The SMILES string of the molecule is CC(=O)O.CC(=O)O.COc1ncccc1C1(OC(=O)N2CCN(C3CCN(C)CC3)CC2)C(=O)N(S(=O)(=O)c2ccc(C(F)(F)F)cc2)c2ccc(Cl)cc21. The molecule has 3 aromatic rings. The summed E-state index contributed by atoms with van der Waals surface area (Å²) in [5.74, 6) is -3.00. The molecule has 4 heterocycles. The Hall–Kier alpha value is -4.98. The third-order valence-electron chi connectivity index (χ3n) is 9.12. The van der Waals surface area contributed by atoms with E-state index in [9.17, 15) is 31.2 Å². The number of piperidine rings is 1. The van der Waals surface area contributed by atoms with Crippen molar-refractivity contribution in [3.05, 3.63) is 82.5 Å². The molecule has 3 aliphatic rings. The average molecular weight is 828 g/mol. The van der Waals surface area contributed by atoms with Crippen LogP contribution in [-0.4, -0.2) is 122 Å². The maximum Gasteiger partial charge on any atom is 0.416 e. The fraction of sp³-hybridized carbons (Fsp3) is 0.417. The number of alkyl halides is 3. The highest BCUT2D eigenvalue weighted by atomic mass is 35.5. The number of carbonyl (C=O) groups is 4. The number of hydrogen-bond donors (Lipinski definition) is 2. The second-order valence-corrected chi connectivity index (χ2v) is 15.2. The zero-order chi connectivity index (χ0) is 41.6. The van der Waals surface area contributed by atoms with Crippen LogP contribution in [0.25, 0.3) is 0 Å². The van der Waals surface area contributed by atoms with E-state index >= 15 is 0 Å². The van der Waals surface area contributed by atoms with Crippen LogP contribution in [0.1, 0.15) is 43.4 Å². The summed E-state index contributed by atoms with van der Waals surface area (Å²) in [6.45, 7) is 5.90. The van der Waals surface area contributed by atoms with Crippen LogP contribution in [0.3, 0.4) is 0 Å². The highest BCUT2D eigenvalue weighted by Gasteiger charge is 2.61. The van der Waals surface area contributed by atoms with Crippen molar-refractivity contribution in [2.45, 2.75) is 49.4 Å². The summed E-state index contributed by atoms with van der Waals surface area (Å²) >= 11 is 6.39. The zero-order valence-electron chi connectivity index (χ0n) is 30.8. The number of fused-ring (bicyclic) bond motifs is 1. The number of hydrogen-bond acceptors (Lipinski definition) is 11. The number of ether oxygens (including phenoxy) is 2. The fourth-order valence-corrected chi connectivity index (χ4v) is 8.18. The second kappa shape index (κ2) is 17.9. The number of sulfonamides is 1. The van der Waals surface area contributed by atoms with Crippen molar-refractivity contribution in [3.8, 4) is 5.88 Å². The van der Waals surface area contributed by atoms with Crippen molar-refractivity contribution in [2.24, 2.45) is 0 Å². The van der Waals surface area contributed by atoms with E-state index in [-0.39, 0.29) is 27.7 Å². The van der Waals surface area contributed by atoms with Crippen LogP contribution in [0.5, 0.6) is 5.88 Å². The number of carboxylic acid groups (broad SMARTS) is 2. The Morgan fingerprint density at radius 3 is 2.02 bits per heavy atom. The molecule has 0 saturated carbocycles. The molecule has 2 aromatic carbocycles. The lowest BCUT2D eigenvalue weighted by Gasteiger charge is -2.42. The number of carbonyl (C=O) groups excluding carboxylic acids is 2. The van der Waals surface area contributed by atoms with Crippen molar-refractivity contribution in [1.82, 2.24) is 19.7 Å². The normalized spacial score (nSPS) is 19.2. The molecule has 0 bridgehead atoms. The van der Waals surface area contributed by atoms with Crippen LogP contribution in [0.4, 0.5) is 23.7 Å². The van der Waals surface area contributed by atoms with Crippen LogP contribution in [0.2, 0.25) is 5.02 Å². The van der Waals surface area contributed by atoms with E-state index in [0.29, 0.717) is 48.7 Å². The molecule has 0 aliphatic carbocycles. The summed E-state index contributed by atoms with van der Waals surface area (Å²) in [7, 11) is -1.49. The molecule has 2 fully saturated rings. The molecule has 1 unspecified atom stereocenters. The molecule has 1 aromatic heterocycles.